The number of pyridine rings is 13. The fraction of sp³-hybridized carbons (Fsp3) is 0.263. The number of hydrogen-bond donors (Lipinski definition) is 5. The molecule has 16 heterocycles. The number of anilines is 5. The highest BCUT2D eigenvalue weighted by molar-refractivity contribution is 7.09. The number of nitrogens with one attached hydrogen (secondary N) is 5. The Bertz CT molecular complexity index is 6850. The van der Waals surface area contributed by atoms with Crippen LogP contribution in [0.5, 0.6) is 0 Å². The van der Waals surface area contributed by atoms with Crippen LogP contribution in [-0.4, -0.2) is 100 Å². The minimum absolute atomic E-state index is 0.00187. The number of alkyl halides is 18. The first-order valence-electron chi connectivity index (χ1n) is 44.2. The Morgan fingerprint density at radius 2 is 0.759 bits per heavy atom. The summed E-state index contributed by atoms with van der Waals surface area (Å²) >= 11 is 1.33. The average Bonchev–Trinajstić information content (AvgIpc) is 1.30. The predicted molar refractivity (Wildman–Crippen MR) is 498 cm³/mol. The maximum atomic E-state index is 13.5. The number of thiazole rings is 1. The molecular formula is C99H85F24N21S. The Morgan fingerprint density at radius 3 is 1.09 bits per heavy atom. The van der Waals surface area contributed by atoms with Gasteiger partial charge in [0.15, 0.2) is 28.5 Å². The van der Waals surface area contributed by atoms with E-state index < -0.39 is 106 Å². The van der Waals surface area contributed by atoms with E-state index >= 15 is 0 Å². The lowest BCUT2D eigenvalue weighted by molar-refractivity contribution is -0.142. The number of nitrogens with zero attached hydrogens (tertiary/aromatic N) is 16. The van der Waals surface area contributed by atoms with Crippen LogP contribution in [0.1, 0.15) is 129 Å². The molecule has 0 radical (unpaired) electrons. The van der Waals surface area contributed by atoms with Gasteiger partial charge in [0.25, 0.3) is 0 Å². The lowest BCUT2D eigenvalue weighted by Crippen LogP contribution is -2.23. The predicted octanol–water partition coefficient (Wildman–Crippen LogP) is 27.7. The molecule has 0 saturated heterocycles. The van der Waals surface area contributed by atoms with Gasteiger partial charge in [0.2, 0.25) is 0 Å². The Balaban J connectivity index is 0.000000155. The first kappa shape index (κ1) is 109. The summed E-state index contributed by atoms with van der Waals surface area (Å²) in [5, 5.41) is 20.4. The van der Waals surface area contributed by atoms with Crippen LogP contribution < -0.4 is 26.6 Å². The highest BCUT2D eigenvalue weighted by Crippen LogP contribution is 2.43. The van der Waals surface area contributed by atoms with Gasteiger partial charge in [-0.25, -0.2) is 65.7 Å². The lowest BCUT2D eigenvalue weighted by Gasteiger charge is -2.26. The maximum absolute atomic E-state index is 13.5. The van der Waals surface area contributed by atoms with Gasteiger partial charge in [0.1, 0.15) is 45.6 Å². The normalized spacial score (nSPS) is 12.6. The Morgan fingerprint density at radius 1 is 0.393 bits per heavy atom. The zero-order valence-electron chi connectivity index (χ0n) is 76.4. The molecular weight excluding hydrogens is 1970 g/mol. The zero-order chi connectivity index (χ0) is 104. The van der Waals surface area contributed by atoms with Crippen molar-refractivity contribution in [2.45, 2.75) is 135 Å². The van der Waals surface area contributed by atoms with Gasteiger partial charge >= 0.3 is 37.1 Å². The fourth-order valence-electron chi connectivity index (χ4n) is 14.0. The van der Waals surface area contributed by atoms with Gasteiger partial charge < -0.3 is 26.6 Å². The van der Waals surface area contributed by atoms with Gasteiger partial charge in [-0.3, -0.25) is 34.9 Å². The van der Waals surface area contributed by atoms with Crippen molar-refractivity contribution >= 4 is 51.5 Å². The molecule has 46 heteroatoms. The number of aromatic nitrogens is 15. The lowest BCUT2D eigenvalue weighted by atomic mass is 9.85. The number of halogens is 24. The topological polar surface area (TPSA) is 257 Å². The van der Waals surface area contributed by atoms with Gasteiger partial charge in [-0.05, 0) is 171 Å². The molecule has 760 valence electrons. The van der Waals surface area contributed by atoms with Crippen LogP contribution in [0.15, 0.2) is 242 Å². The van der Waals surface area contributed by atoms with Crippen molar-refractivity contribution in [2.75, 3.05) is 46.2 Å². The van der Waals surface area contributed by atoms with Crippen LogP contribution in [0, 0.1) is 46.7 Å². The van der Waals surface area contributed by atoms with E-state index in [4.69, 9.17) is 0 Å². The standard InChI is InChI=1S/C19H13F4N5.C17H18F4N2.C16H12F4N4.C16H15F4N3.C16H17F4N3.C15H10F4N4S/c20-13-7-12(9-24-10-13)16-4-5-17(18(26-16)19(21,22)23)25-11-14-8-15-3-1-2-6-28(15)27-14;1-2-3-4-5-6-12-7-8-15(23-16(12)17(19,20)21)13-9-14(18)11-22-10-13;17-11-6-10(7-21-8-11)13-3-4-14(15(24-13)16(18,19)20)23-9-12-2-1-5-22-12;17-12-6-11(8-21-9-12)13-4-5-14(15(23-13)16(18,19)20)22-7-10-2-1-3-10;1-10(2)5-6-22-14-4-3-13(23-15(14)16(18,19)20)11-7-12(17)9-21-8-11;16-10-5-9(6-20-7-10)11-1-2-12(14(23-11)15(17,18)19)22-8-13-21-3-4-24-13/h1-10,25H,11H2;7-11H,2-6H2,1H3;2-8,23H,1,9H2;4-6,8-10,22H,1-3,7H2;3-4,7-10,22H,5-6H2,1-2H3;1-7,22H,8H2. The molecule has 21 nitrogen and oxygen atoms in total. The monoisotopic (exact) mass is 2060 g/mol. The second-order valence-corrected chi connectivity index (χ2v) is 33.5. The summed E-state index contributed by atoms with van der Waals surface area (Å²) in [7, 11) is 0. The zero-order valence-corrected chi connectivity index (χ0v) is 77.2. The highest BCUT2D eigenvalue weighted by atomic mass is 32.1. The molecule has 0 amide bonds. The third-order valence-electron chi connectivity index (χ3n) is 21.2. The van der Waals surface area contributed by atoms with E-state index in [-0.39, 0.29) is 121 Å². The Labute approximate surface area is 816 Å². The molecule has 145 heavy (non-hydrogen) atoms. The Kier molecular flexibility index (Phi) is 36.9. The highest BCUT2D eigenvalue weighted by Gasteiger charge is 2.42. The molecule has 15 aromatic rings. The first-order valence-corrected chi connectivity index (χ1v) is 45.1. The minimum Gasteiger partial charge on any atom is -0.383 e. The molecule has 0 spiro atoms. The molecule has 1 saturated carbocycles. The summed E-state index contributed by atoms with van der Waals surface area (Å²) < 4.78 is 320. The molecule has 1 aliphatic carbocycles. The number of rotatable bonds is 27. The van der Waals surface area contributed by atoms with Gasteiger partial charge in [-0.15, -0.1) is 11.3 Å². The number of unbranched alkanes of at least 4 members (excludes halogenated alkanes) is 3. The minimum atomic E-state index is -4.68. The summed E-state index contributed by atoms with van der Waals surface area (Å²) in [5.41, 5.74) is -3.20. The van der Waals surface area contributed by atoms with Crippen molar-refractivity contribution in [3.63, 3.8) is 0 Å². The van der Waals surface area contributed by atoms with Crippen LogP contribution >= 0.6 is 11.3 Å². The molecule has 0 atom stereocenters. The van der Waals surface area contributed by atoms with Crippen molar-refractivity contribution in [2.24, 2.45) is 16.8 Å². The van der Waals surface area contributed by atoms with Crippen molar-refractivity contribution in [1.29, 1.82) is 0 Å². The van der Waals surface area contributed by atoms with Gasteiger partial charge in [-0.2, -0.15) is 84.1 Å². The van der Waals surface area contributed by atoms with Crippen molar-refractivity contribution in [3.05, 3.63) is 323 Å². The number of hydrogen-bond acceptors (Lipinski definition) is 21. The quantitative estimate of drug-likeness (QED) is 0.0237. The maximum Gasteiger partial charge on any atom is 0.435 e. The molecule has 17 rings (SSSR count). The molecule has 1 fully saturated rings. The van der Waals surface area contributed by atoms with Crippen LogP contribution in [0.3, 0.4) is 0 Å². The second kappa shape index (κ2) is 49.2. The summed E-state index contributed by atoms with van der Waals surface area (Å²) in [5.74, 6) is -3.00. The van der Waals surface area contributed by atoms with Crippen molar-refractivity contribution in [1.82, 2.24) is 74.4 Å². The SMILES string of the molecule is CC(C)CCNc1ccc(-c2cncc(F)c2)nc1C(F)(F)F.CCCCCCc1ccc(-c2cncc(F)c2)nc1C(F)(F)F.Fc1cncc(-c2ccc(NCC3=CCC=N3)c(C(F)(F)F)n2)c1.Fc1cncc(-c2ccc(NCC3CCC3)c(C(F)(F)F)n2)c1.Fc1cncc(-c2ccc(NCc3cc4ccccn4n3)c(C(F)(F)F)n2)c1.Fc1cncc(-c2ccc(NCc3nccs3)c(C(F)(F)F)n2)c1. The van der Waals surface area contributed by atoms with E-state index in [2.05, 4.69) is 101 Å². The van der Waals surface area contributed by atoms with Gasteiger partial charge in [-0.1, -0.05) is 64.7 Å². The first-order chi connectivity index (χ1) is 68.9. The second-order valence-electron chi connectivity index (χ2n) is 32.5. The number of aryl methyl sites for hydroxylation is 1. The van der Waals surface area contributed by atoms with Crippen LogP contribution in [0.4, 0.5) is 134 Å². The van der Waals surface area contributed by atoms with Crippen molar-refractivity contribution in [3.8, 4) is 67.5 Å². The van der Waals surface area contributed by atoms with Crippen molar-refractivity contribution < 1.29 is 105 Å². The van der Waals surface area contributed by atoms with E-state index in [1.165, 1.54) is 121 Å². The summed E-state index contributed by atoms with van der Waals surface area (Å²) in [4.78, 5) is 51.9. The number of aliphatic imine (C=N–C) groups is 1. The molecule has 0 unspecified atom stereocenters. The molecule has 2 aliphatic rings. The average molecular weight is 2060 g/mol. The smallest absolute Gasteiger partial charge is 0.383 e. The van der Waals surface area contributed by atoms with Crippen LogP contribution in [0.2, 0.25) is 0 Å². The van der Waals surface area contributed by atoms with Crippen LogP contribution in [-0.2, 0) is 56.6 Å². The van der Waals surface area contributed by atoms with E-state index in [1.54, 1.807) is 34.6 Å². The van der Waals surface area contributed by atoms with E-state index in [0.717, 1.165) is 124 Å². The summed E-state index contributed by atoms with van der Waals surface area (Å²) in [6.45, 7) is 7.37. The summed E-state index contributed by atoms with van der Waals surface area (Å²) in [6, 6.07) is 30.3. The number of fused-ring (bicyclic) bond motifs is 1. The van der Waals surface area contributed by atoms with Crippen LogP contribution in [0.25, 0.3) is 73.1 Å². The van der Waals surface area contributed by atoms with Gasteiger partial charge in [0, 0.05) is 114 Å². The third kappa shape index (κ3) is 32.2. The van der Waals surface area contributed by atoms with E-state index in [9.17, 15) is 105 Å². The largest absolute Gasteiger partial charge is 0.435 e. The molecule has 0 bridgehead atoms. The molecule has 1 aliphatic heterocycles. The van der Waals surface area contributed by atoms with Gasteiger partial charge in [0.05, 0.1) is 136 Å². The molecule has 5 N–H and O–H groups in total. The summed E-state index contributed by atoms with van der Waals surface area (Å²) in [6.07, 6.45) is 1.21. The van der Waals surface area contributed by atoms with E-state index in [0.29, 0.717) is 60.6 Å². The molecule has 15 aromatic heterocycles. The Hall–Kier alpha value is -15.2. The van der Waals surface area contributed by atoms with E-state index in [1.807, 2.05) is 45.0 Å². The third-order valence-corrected chi connectivity index (χ3v) is 22.0. The molecule has 0 aromatic carbocycles. The fourth-order valence-corrected chi connectivity index (χ4v) is 14.5. The number of allylic oxidation sites excluding steroid dienone is 1.